The van der Waals surface area contributed by atoms with Gasteiger partial charge < -0.3 is 10.1 Å². The molecule has 0 aliphatic heterocycles. The van der Waals surface area contributed by atoms with Crippen LogP contribution in [-0.4, -0.2) is 32.3 Å². The quantitative estimate of drug-likeness (QED) is 0.514. The molecule has 0 aliphatic rings. The van der Waals surface area contributed by atoms with Crippen molar-refractivity contribution in [2.45, 2.75) is 33.1 Å². The number of nitrogens with one attached hydrogen (secondary N) is 1. The molecule has 1 N–H and O–H groups in total. The number of benzene rings is 2. The second-order valence-electron chi connectivity index (χ2n) is 8.04. The Kier molecular flexibility index (Phi) is 5.26. The maximum atomic E-state index is 12.2. The van der Waals surface area contributed by atoms with Gasteiger partial charge in [-0.25, -0.2) is 0 Å². The number of carbonyl (C=O) groups is 1. The number of carbonyl (C=O) groups excluding carboxylic acids is 1. The Morgan fingerprint density at radius 3 is 2.40 bits per heavy atom. The summed E-state index contributed by atoms with van der Waals surface area (Å²) in [5.74, 6) is 1.22. The third-order valence-corrected chi connectivity index (χ3v) is 5.60. The van der Waals surface area contributed by atoms with Crippen molar-refractivity contribution in [2.75, 3.05) is 11.9 Å². The first-order valence-electron chi connectivity index (χ1n) is 9.62. The maximum Gasteiger partial charge on any atom is 0.262 e. The molecule has 0 spiro atoms. The fourth-order valence-corrected chi connectivity index (χ4v) is 3.82. The highest BCUT2D eigenvalue weighted by atomic mass is 32.1. The fraction of sp³-hybridized carbons (Fsp3) is 0.273. The van der Waals surface area contributed by atoms with Gasteiger partial charge in [0.05, 0.1) is 0 Å². The average molecular weight is 422 g/mol. The molecule has 1 amide bonds. The summed E-state index contributed by atoms with van der Waals surface area (Å²) in [6.45, 7) is 8.29. The third-order valence-electron chi connectivity index (χ3n) is 4.65. The summed E-state index contributed by atoms with van der Waals surface area (Å²) >= 11 is 1.47. The van der Waals surface area contributed by atoms with Gasteiger partial charge >= 0.3 is 0 Å². The van der Waals surface area contributed by atoms with Crippen LogP contribution in [0.2, 0.25) is 0 Å². The Morgan fingerprint density at radius 2 is 1.77 bits per heavy atom. The van der Waals surface area contributed by atoms with Gasteiger partial charge in [0.15, 0.2) is 12.4 Å². The number of fused-ring (bicyclic) bond motifs is 1. The second-order valence-corrected chi connectivity index (χ2v) is 8.99. The minimum absolute atomic E-state index is 0.0490. The lowest BCUT2D eigenvalue weighted by atomic mass is 9.87. The van der Waals surface area contributed by atoms with Crippen LogP contribution in [0.15, 0.2) is 48.5 Å². The number of rotatable bonds is 5. The van der Waals surface area contributed by atoms with Gasteiger partial charge in [0.1, 0.15) is 10.8 Å². The zero-order valence-corrected chi connectivity index (χ0v) is 18.2. The molecule has 0 bridgehead atoms. The lowest BCUT2D eigenvalue weighted by molar-refractivity contribution is -0.118. The van der Waals surface area contributed by atoms with Gasteiger partial charge in [0, 0.05) is 11.3 Å². The van der Waals surface area contributed by atoms with Crippen LogP contribution < -0.4 is 10.1 Å². The van der Waals surface area contributed by atoms with E-state index in [9.17, 15) is 4.79 Å². The van der Waals surface area contributed by atoms with Crippen LogP contribution in [0.25, 0.3) is 15.5 Å². The molecule has 154 valence electrons. The minimum atomic E-state index is -0.211. The molecule has 2 aromatic heterocycles. The molecule has 0 aliphatic carbocycles. The Balaban J connectivity index is 1.34. The lowest BCUT2D eigenvalue weighted by Gasteiger charge is -2.19. The fourth-order valence-electron chi connectivity index (χ4n) is 2.92. The van der Waals surface area contributed by atoms with Gasteiger partial charge in [-0.3, -0.25) is 4.79 Å². The van der Waals surface area contributed by atoms with E-state index in [2.05, 4.69) is 41.4 Å². The van der Waals surface area contributed by atoms with Gasteiger partial charge in [0.25, 0.3) is 5.91 Å². The number of hydrogen-bond acceptors (Lipinski definition) is 6. The molecule has 4 aromatic rings. The second kappa shape index (κ2) is 7.87. The van der Waals surface area contributed by atoms with E-state index < -0.39 is 0 Å². The summed E-state index contributed by atoms with van der Waals surface area (Å²) in [6.07, 6.45) is 0. The predicted octanol–water partition coefficient (Wildman–Crippen LogP) is 4.48. The van der Waals surface area contributed by atoms with Crippen molar-refractivity contribution in [3.63, 3.8) is 0 Å². The number of nitrogens with zero attached hydrogens (tertiary/aromatic N) is 4. The Labute approximate surface area is 178 Å². The highest BCUT2D eigenvalue weighted by Gasteiger charge is 2.14. The first-order valence-corrected chi connectivity index (χ1v) is 10.4. The van der Waals surface area contributed by atoms with E-state index in [1.165, 1.54) is 16.9 Å². The van der Waals surface area contributed by atoms with Gasteiger partial charge in [-0.2, -0.15) is 9.61 Å². The molecule has 7 nitrogen and oxygen atoms in total. The third kappa shape index (κ3) is 4.33. The highest BCUT2D eigenvalue weighted by molar-refractivity contribution is 7.19. The Hall–Kier alpha value is -3.26. The molecule has 0 saturated carbocycles. The number of amides is 1. The molecular weight excluding hydrogens is 398 g/mol. The Morgan fingerprint density at radius 1 is 1.07 bits per heavy atom. The topological polar surface area (TPSA) is 81.4 Å². The van der Waals surface area contributed by atoms with Crippen molar-refractivity contribution in [3.05, 3.63) is 59.9 Å². The van der Waals surface area contributed by atoms with Crippen molar-refractivity contribution in [1.29, 1.82) is 0 Å². The SMILES string of the molecule is Cc1nnc2sc(-c3ccc(NC(=O)COc4ccc(C(C)(C)C)cc4)cc3)nn12. The number of ether oxygens (including phenoxy) is 1. The van der Waals surface area contributed by atoms with Crippen LogP contribution in [-0.2, 0) is 10.2 Å². The minimum Gasteiger partial charge on any atom is -0.484 e. The molecule has 4 rings (SSSR count). The van der Waals surface area contributed by atoms with E-state index in [1.54, 1.807) is 4.52 Å². The van der Waals surface area contributed by atoms with E-state index >= 15 is 0 Å². The van der Waals surface area contributed by atoms with E-state index in [1.807, 2.05) is 55.5 Å². The summed E-state index contributed by atoms with van der Waals surface area (Å²) < 4.78 is 7.32. The smallest absolute Gasteiger partial charge is 0.262 e. The zero-order valence-electron chi connectivity index (χ0n) is 17.3. The molecule has 0 unspecified atom stereocenters. The van der Waals surface area contributed by atoms with E-state index in [4.69, 9.17) is 4.74 Å². The largest absolute Gasteiger partial charge is 0.484 e. The standard InChI is InChI=1S/C22H23N5O2S/c1-14-24-25-21-27(14)26-20(30-21)15-5-9-17(10-6-15)23-19(28)13-29-18-11-7-16(8-12-18)22(2,3)4/h5-12H,13H2,1-4H3,(H,23,28). The first kappa shape index (κ1) is 20.0. The van der Waals surface area contributed by atoms with Crippen LogP contribution in [0.1, 0.15) is 32.2 Å². The van der Waals surface area contributed by atoms with Crippen molar-refractivity contribution in [2.24, 2.45) is 0 Å². The number of anilines is 1. The zero-order chi connectivity index (χ0) is 21.3. The van der Waals surface area contributed by atoms with Crippen LogP contribution in [0.3, 0.4) is 0 Å². The number of aromatic nitrogens is 4. The van der Waals surface area contributed by atoms with Crippen LogP contribution in [0.4, 0.5) is 5.69 Å². The summed E-state index contributed by atoms with van der Waals surface area (Å²) in [5.41, 5.74) is 2.97. The van der Waals surface area contributed by atoms with Gasteiger partial charge in [-0.15, -0.1) is 10.2 Å². The van der Waals surface area contributed by atoms with Crippen LogP contribution in [0.5, 0.6) is 5.75 Å². The summed E-state index contributed by atoms with van der Waals surface area (Å²) in [5, 5.41) is 16.3. The summed E-state index contributed by atoms with van der Waals surface area (Å²) in [7, 11) is 0. The predicted molar refractivity (Wildman–Crippen MR) is 118 cm³/mol. The average Bonchev–Trinajstić information content (AvgIpc) is 3.29. The normalized spacial score (nSPS) is 11.6. The van der Waals surface area contributed by atoms with Crippen molar-refractivity contribution in [1.82, 2.24) is 19.8 Å². The monoisotopic (exact) mass is 421 g/mol. The molecule has 0 atom stereocenters. The maximum absolute atomic E-state index is 12.2. The van der Waals surface area contributed by atoms with Gasteiger partial charge in [-0.05, 0) is 54.3 Å². The van der Waals surface area contributed by atoms with Gasteiger partial charge in [-0.1, -0.05) is 44.2 Å². The lowest BCUT2D eigenvalue weighted by Crippen LogP contribution is -2.20. The Bertz CT molecular complexity index is 1170. The summed E-state index contributed by atoms with van der Waals surface area (Å²) in [6, 6.07) is 15.4. The van der Waals surface area contributed by atoms with E-state index in [-0.39, 0.29) is 17.9 Å². The molecular formula is C22H23N5O2S. The van der Waals surface area contributed by atoms with Gasteiger partial charge in [0.2, 0.25) is 4.96 Å². The number of aryl methyl sites for hydroxylation is 1. The van der Waals surface area contributed by atoms with Crippen molar-refractivity contribution < 1.29 is 9.53 Å². The summed E-state index contributed by atoms with van der Waals surface area (Å²) in [4.78, 5) is 13.0. The van der Waals surface area contributed by atoms with Crippen LogP contribution >= 0.6 is 11.3 Å². The highest BCUT2D eigenvalue weighted by Crippen LogP contribution is 2.27. The molecule has 2 heterocycles. The molecule has 8 heteroatoms. The molecule has 0 saturated heterocycles. The number of hydrogen-bond donors (Lipinski definition) is 1. The first-order chi connectivity index (χ1) is 14.3. The molecule has 0 fully saturated rings. The van der Waals surface area contributed by atoms with Crippen molar-refractivity contribution >= 4 is 27.9 Å². The molecule has 0 radical (unpaired) electrons. The van der Waals surface area contributed by atoms with Crippen molar-refractivity contribution in [3.8, 4) is 16.3 Å². The van der Waals surface area contributed by atoms with Crippen LogP contribution in [0, 0.1) is 6.92 Å². The van der Waals surface area contributed by atoms with E-state index in [0.717, 1.165) is 21.4 Å². The van der Waals surface area contributed by atoms with E-state index in [0.29, 0.717) is 11.4 Å². The molecule has 2 aromatic carbocycles. The molecule has 30 heavy (non-hydrogen) atoms.